The molecule has 1 aromatic carbocycles. The summed E-state index contributed by atoms with van der Waals surface area (Å²) < 4.78 is 18.8. The number of amides is 1. The first-order chi connectivity index (χ1) is 10.1. The summed E-state index contributed by atoms with van der Waals surface area (Å²) in [6, 6.07) is 6.08. The Labute approximate surface area is 124 Å². The van der Waals surface area contributed by atoms with Gasteiger partial charge in [0.1, 0.15) is 18.0 Å². The van der Waals surface area contributed by atoms with Crippen molar-refractivity contribution in [1.82, 2.24) is 5.32 Å². The van der Waals surface area contributed by atoms with E-state index in [1.165, 1.54) is 18.6 Å². The fraction of sp³-hybridized carbons (Fsp3) is 0.562. The van der Waals surface area contributed by atoms with Crippen LogP contribution in [0.15, 0.2) is 24.3 Å². The average molecular weight is 295 g/mol. The summed E-state index contributed by atoms with van der Waals surface area (Å²) in [6.07, 6.45) is 2.80. The molecule has 1 aromatic rings. The van der Waals surface area contributed by atoms with E-state index in [9.17, 15) is 14.3 Å². The fourth-order valence-corrected chi connectivity index (χ4v) is 2.65. The summed E-state index contributed by atoms with van der Waals surface area (Å²) in [6.45, 7) is 1.55. The number of hydrogen-bond acceptors (Lipinski definition) is 3. The first kappa shape index (κ1) is 15.8. The van der Waals surface area contributed by atoms with Gasteiger partial charge in [0.05, 0.1) is 0 Å². The number of alkyl carbamates (subject to hydrolysis) is 1. The highest BCUT2D eigenvalue weighted by molar-refractivity contribution is 5.67. The summed E-state index contributed by atoms with van der Waals surface area (Å²) in [7, 11) is 0. The van der Waals surface area contributed by atoms with Crippen molar-refractivity contribution in [2.75, 3.05) is 0 Å². The minimum absolute atomic E-state index is 0.135. The first-order valence-corrected chi connectivity index (χ1v) is 7.47. The van der Waals surface area contributed by atoms with Gasteiger partial charge in [0.15, 0.2) is 0 Å². The van der Waals surface area contributed by atoms with Gasteiger partial charge in [-0.15, -0.1) is 0 Å². The van der Waals surface area contributed by atoms with Gasteiger partial charge in [-0.2, -0.15) is 0 Å². The number of benzene rings is 1. The lowest BCUT2D eigenvalue weighted by atomic mass is 9.96. The molecule has 1 amide bonds. The van der Waals surface area contributed by atoms with Crippen LogP contribution in [0.25, 0.3) is 0 Å². The first-order valence-electron chi connectivity index (χ1n) is 7.47. The second kappa shape index (κ2) is 7.41. The molecule has 0 heterocycles. The van der Waals surface area contributed by atoms with Crippen LogP contribution in [0.2, 0.25) is 0 Å². The van der Waals surface area contributed by atoms with Gasteiger partial charge in [-0.3, -0.25) is 0 Å². The van der Waals surface area contributed by atoms with E-state index < -0.39 is 24.1 Å². The normalized spacial score (nSPS) is 18.8. The minimum Gasteiger partial charge on any atom is -0.443 e. The third kappa shape index (κ3) is 4.43. The van der Waals surface area contributed by atoms with Crippen LogP contribution in [0.3, 0.4) is 0 Å². The van der Waals surface area contributed by atoms with Crippen LogP contribution in [0.4, 0.5) is 9.18 Å². The van der Waals surface area contributed by atoms with Gasteiger partial charge in [0.2, 0.25) is 0 Å². The number of aliphatic hydroxyl groups is 1. The fourth-order valence-electron chi connectivity index (χ4n) is 2.65. The lowest BCUT2D eigenvalue weighted by Gasteiger charge is -2.25. The van der Waals surface area contributed by atoms with Gasteiger partial charge in [-0.05, 0) is 25.8 Å². The maximum Gasteiger partial charge on any atom is 0.407 e. The van der Waals surface area contributed by atoms with Crippen LogP contribution in [0.5, 0.6) is 0 Å². The van der Waals surface area contributed by atoms with Crippen molar-refractivity contribution in [2.45, 2.75) is 57.3 Å². The molecule has 116 valence electrons. The van der Waals surface area contributed by atoms with E-state index in [0.29, 0.717) is 0 Å². The lowest BCUT2D eigenvalue weighted by Crippen LogP contribution is -2.39. The van der Waals surface area contributed by atoms with Gasteiger partial charge in [-0.25, -0.2) is 9.18 Å². The third-order valence-electron chi connectivity index (χ3n) is 3.89. The number of aliphatic hydroxyl groups excluding tert-OH is 1. The van der Waals surface area contributed by atoms with Crippen LogP contribution in [0.1, 0.15) is 50.7 Å². The van der Waals surface area contributed by atoms with Crippen molar-refractivity contribution in [3.05, 3.63) is 35.6 Å². The number of hydrogen-bond donors (Lipinski definition) is 2. The molecule has 0 bridgehead atoms. The van der Waals surface area contributed by atoms with Gasteiger partial charge in [-0.1, -0.05) is 37.5 Å². The monoisotopic (exact) mass is 295 g/mol. The van der Waals surface area contributed by atoms with Crippen LogP contribution < -0.4 is 5.32 Å². The second-order valence-electron chi connectivity index (χ2n) is 5.56. The zero-order chi connectivity index (χ0) is 15.2. The van der Waals surface area contributed by atoms with Gasteiger partial charge in [0, 0.05) is 11.6 Å². The van der Waals surface area contributed by atoms with E-state index in [-0.39, 0.29) is 11.6 Å². The molecule has 2 N–H and O–H groups in total. The van der Waals surface area contributed by atoms with Gasteiger partial charge in [0.25, 0.3) is 0 Å². The molecule has 1 fully saturated rings. The Balaban J connectivity index is 1.86. The molecule has 2 atom stereocenters. The summed E-state index contributed by atoms with van der Waals surface area (Å²) in [5.74, 6) is -0.506. The summed E-state index contributed by atoms with van der Waals surface area (Å²) in [5, 5.41) is 12.9. The van der Waals surface area contributed by atoms with Crippen LogP contribution in [-0.2, 0) is 4.74 Å². The van der Waals surface area contributed by atoms with E-state index in [2.05, 4.69) is 5.32 Å². The maximum absolute atomic E-state index is 13.6. The topological polar surface area (TPSA) is 58.6 Å². The van der Waals surface area contributed by atoms with Crippen molar-refractivity contribution in [3.8, 4) is 0 Å². The molecule has 0 spiro atoms. The van der Waals surface area contributed by atoms with Crippen LogP contribution in [0, 0.1) is 5.82 Å². The molecule has 1 aliphatic carbocycles. The van der Waals surface area contributed by atoms with Gasteiger partial charge >= 0.3 is 6.09 Å². The SMILES string of the molecule is C[C@H](OC(=O)NC1CCCCC1)[C@@H](O)c1ccccc1F. The Morgan fingerprint density at radius 2 is 2.00 bits per heavy atom. The molecule has 0 aliphatic heterocycles. The standard InChI is InChI=1S/C16H22FNO3/c1-11(15(19)13-9-5-6-10-14(13)17)21-16(20)18-12-7-3-2-4-8-12/h5-6,9-12,15,19H,2-4,7-8H2,1H3,(H,18,20)/t11-,15+/m0/s1. The molecule has 4 nitrogen and oxygen atoms in total. The highest BCUT2D eigenvalue weighted by Gasteiger charge is 2.24. The number of nitrogens with one attached hydrogen (secondary N) is 1. The smallest absolute Gasteiger partial charge is 0.407 e. The molecule has 0 radical (unpaired) electrons. The summed E-state index contributed by atoms with van der Waals surface area (Å²) in [4.78, 5) is 11.8. The highest BCUT2D eigenvalue weighted by atomic mass is 19.1. The molecule has 1 saturated carbocycles. The van der Waals surface area contributed by atoms with Crippen molar-refractivity contribution in [3.63, 3.8) is 0 Å². The maximum atomic E-state index is 13.6. The van der Waals surface area contributed by atoms with Crippen molar-refractivity contribution in [1.29, 1.82) is 0 Å². The molecular weight excluding hydrogens is 273 g/mol. The predicted molar refractivity (Wildman–Crippen MR) is 77.3 cm³/mol. The van der Waals surface area contributed by atoms with Crippen molar-refractivity contribution < 1.29 is 19.0 Å². The Bertz CT molecular complexity index is 474. The van der Waals surface area contributed by atoms with E-state index in [1.807, 2.05) is 0 Å². The second-order valence-corrected chi connectivity index (χ2v) is 5.56. The number of carbonyl (C=O) groups excluding carboxylic acids is 1. The van der Waals surface area contributed by atoms with E-state index in [1.54, 1.807) is 19.1 Å². The van der Waals surface area contributed by atoms with Crippen molar-refractivity contribution >= 4 is 6.09 Å². The van der Waals surface area contributed by atoms with Crippen LogP contribution >= 0.6 is 0 Å². The Morgan fingerprint density at radius 1 is 1.33 bits per heavy atom. The van der Waals surface area contributed by atoms with Crippen LogP contribution in [-0.4, -0.2) is 23.3 Å². The van der Waals surface area contributed by atoms with E-state index >= 15 is 0 Å². The van der Waals surface area contributed by atoms with E-state index in [4.69, 9.17) is 4.74 Å². The largest absolute Gasteiger partial charge is 0.443 e. The van der Waals surface area contributed by atoms with Crippen molar-refractivity contribution in [2.24, 2.45) is 0 Å². The van der Waals surface area contributed by atoms with Gasteiger partial charge < -0.3 is 15.2 Å². The Kier molecular flexibility index (Phi) is 5.56. The summed E-state index contributed by atoms with van der Waals surface area (Å²) >= 11 is 0. The molecule has 2 rings (SSSR count). The van der Waals surface area contributed by atoms with E-state index in [0.717, 1.165) is 25.7 Å². The molecule has 21 heavy (non-hydrogen) atoms. The lowest BCUT2D eigenvalue weighted by molar-refractivity contribution is 0.00858. The Hall–Kier alpha value is -1.62. The average Bonchev–Trinajstić information content (AvgIpc) is 2.48. The zero-order valence-corrected chi connectivity index (χ0v) is 12.2. The minimum atomic E-state index is -1.18. The quantitative estimate of drug-likeness (QED) is 0.896. The zero-order valence-electron chi connectivity index (χ0n) is 12.2. The molecule has 5 heteroatoms. The highest BCUT2D eigenvalue weighted by Crippen LogP contribution is 2.22. The summed E-state index contributed by atoms with van der Waals surface area (Å²) in [5.41, 5.74) is 0.135. The third-order valence-corrected chi connectivity index (χ3v) is 3.89. The molecule has 1 aliphatic rings. The molecular formula is C16H22FNO3. The molecule has 0 aromatic heterocycles. The number of rotatable bonds is 4. The number of ether oxygens (including phenoxy) is 1. The molecule has 0 saturated heterocycles. The number of halogens is 1. The predicted octanol–water partition coefficient (Wildman–Crippen LogP) is 3.31. The Morgan fingerprint density at radius 3 is 2.67 bits per heavy atom. The molecule has 0 unspecified atom stereocenters. The number of carbonyl (C=O) groups is 1.